The van der Waals surface area contributed by atoms with Crippen molar-refractivity contribution < 1.29 is 14.3 Å². The van der Waals surface area contributed by atoms with E-state index < -0.39 is 0 Å². The summed E-state index contributed by atoms with van der Waals surface area (Å²) in [5.41, 5.74) is 2.59. The van der Waals surface area contributed by atoms with Crippen LogP contribution in [0, 0.1) is 0 Å². The van der Waals surface area contributed by atoms with Crippen LogP contribution in [0.4, 0.5) is 0 Å². The molecular formula is C18H14BrNO3S2. The summed E-state index contributed by atoms with van der Waals surface area (Å²) in [6, 6.07) is 7.69. The third-order valence-corrected chi connectivity index (χ3v) is 5.38. The fourth-order valence-corrected chi connectivity index (χ4v) is 3.89. The van der Waals surface area contributed by atoms with Crippen molar-refractivity contribution in [3.63, 3.8) is 0 Å². The number of nitrogens with zero attached hydrogens (tertiary/aromatic N) is 1. The van der Waals surface area contributed by atoms with E-state index in [9.17, 15) is 4.79 Å². The Morgan fingerprint density at radius 2 is 2.20 bits per heavy atom. The molecule has 0 bridgehead atoms. The zero-order valence-electron chi connectivity index (χ0n) is 13.3. The lowest BCUT2D eigenvalue weighted by Gasteiger charge is -2.06. The maximum atomic E-state index is 11.8. The van der Waals surface area contributed by atoms with E-state index in [-0.39, 0.29) is 12.6 Å². The largest absolute Gasteiger partial charge is 0.496 e. The number of aromatic nitrogens is 1. The third kappa shape index (κ3) is 4.78. The summed E-state index contributed by atoms with van der Waals surface area (Å²) in [6.45, 7) is 0.139. The van der Waals surface area contributed by atoms with Crippen LogP contribution in [0.2, 0.25) is 0 Å². The van der Waals surface area contributed by atoms with Gasteiger partial charge < -0.3 is 9.47 Å². The molecule has 25 heavy (non-hydrogen) atoms. The second kappa shape index (κ2) is 8.42. The van der Waals surface area contributed by atoms with Crippen molar-refractivity contribution in [3.05, 3.63) is 62.2 Å². The van der Waals surface area contributed by atoms with Crippen molar-refractivity contribution in [2.24, 2.45) is 0 Å². The van der Waals surface area contributed by atoms with Gasteiger partial charge in [-0.2, -0.15) is 11.3 Å². The van der Waals surface area contributed by atoms with Gasteiger partial charge in [-0.1, -0.05) is 15.9 Å². The molecule has 3 aromatic rings. The Labute approximate surface area is 161 Å². The Morgan fingerprint density at radius 3 is 2.96 bits per heavy atom. The van der Waals surface area contributed by atoms with E-state index in [1.165, 1.54) is 17.4 Å². The molecule has 0 N–H and O–H groups in total. The predicted molar refractivity (Wildman–Crippen MR) is 105 cm³/mol. The number of carbonyl (C=O) groups is 1. The van der Waals surface area contributed by atoms with Crippen LogP contribution in [0.25, 0.3) is 16.6 Å². The Kier molecular flexibility index (Phi) is 6.01. The second-order valence-electron chi connectivity index (χ2n) is 4.99. The molecule has 0 aliphatic rings. The molecule has 0 aliphatic heterocycles. The molecule has 0 spiro atoms. The number of thiazole rings is 1. The standard InChI is InChI=1S/C18H14BrNO3S2/c1-22-16-4-3-13(19)8-15(16)18-20-14(11-25-18)9-23-17(21)5-2-12-6-7-24-10-12/h2-8,10-11H,9H2,1H3/b5-2+. The topological polar surface area (TPSA) is 48.4 Å². The molecule has 7 heteroatoms. The normalized spacial score (nSPS) is 11.0. The number of rotatable bonds is 6. The highest BCUT2D eigenvalue weighted by atomic mass is 79.9. The first-order chi connectivity index (χ1) is 12.2. The fourth-order valence-electron chi connectivity index (χ4n) is 2.07. The molecule has 0 fully saturated rings. The summed E-state index contributed by atoms with van der Waals surface area (Å²) < 4.78 is 11.6. The second-order valence-corrected chi connectivity index (χ2v) is 7.54. The Hall–Kier alpha value is -1.96. The number of ether oxygens (including phenoxy) is 2. The highest BCUT2D eigenvalue weighted by molar-refractivity contribution is 9.10. The van der Waals surface area contributed by atoms with Crippen LogP contribution in [-0.4, -0.2) is 18.1 Å². The van der Waals surface area contributed by atoms with Crippen molar-refractivity contribution in [1.29, 1.82) is 0 Å². The van der Waals surface area contributed by atoms with Gasteiger partial charge >= 0.3 is 5.97 Å². The number of hydrogen-bond donors (Lipinski definition) is 0. The lowest BCUT2D eigenvalue weighted by molar-refractivity contribution is -0.139. The minimum atomic E-state index is -0.388. The van der Waals surface area contributed by atoms with Gasteiger partial charge in [0.25, 0.3) is 0 Å². The molecule has 0 radical (unpaired) electrons. The van der Waals surface area contributed by atoms with Gasteiger partial charge in [0, 0.05) is 15.9 Å². The average Bonchev–Trinajstić information content (AvgIpc) is 3.30. The number of methoxy groups -OCH3 is 1. The van der Waals surface area contributed by atoms with Gasteiger partial charge in [-0.05, 0) is 46.7 Å². The zero-order valence-corrected chi connectivity index (χ0v) is 16.5. The maximum absolute atomic E-state index is 11.8. The lowest BCUT2D eigenvalue weighted by atomic mass is 10.2. The first-order valence-corrected chi connectivity index (χ1v) is 9.92. The molecule has 4 nitrogen and oxygen atoms in total. The molecule has 1 aromatic carbocycles. The van der Waals surface area contributed by atoms with Crippen LogP contribution in [0.1, 0.15) is 11.3 Å². The van der Waals surface area contributed by atoms with E-state index >= 15 is 0 Å². The Balaban J connectivity index is 1.64. The van der Waals surface area contributed by atoms with Crippen LogP contribution >= 0.6 is 38.6 Å². The highest BCUT2D eigenvalue weighted by Gasteiger charge is 2.12. The number of thiophene rings is 1. The first-order valence-electron chi connectivity index (χ1n) is 7.31. The summed E-state index contributed by atoms with van der Waals surface area (Å²) in [6.07, 6.45) is 3.16. The molecule has 128 valence electrons. The first kappa shape index (κ1) is 17.8. The van der Waals surface area contributed by atoms with Crippen molar-refractivity contribution in [2.45, 2.75) is 6.61 Å². The highest BCUT2D eigenvalue weighted by Crippen LogP contribution is 2.34. The summed E-state index contributed by atoms with van der Waals surface area (Å²) in [5.74, 6) is 0.362. The number of hydrogen-bond acceptors (Lipinski definition) is 6. The van der Waals surface area contributed by atoms with Crippen LogP contribution in [0.5, 0.6) is 5.75 Å². The SMILES string of the molecule is COc1ccc(Br)cc1-c1nc(COC(=O)/C=C/c2ccsc2)cs1. The van der Waals surface area contributed by atoms with E-state index in [4.69, 9.17) is 9.47 Å². The van der Waals surface area contributed by atoms with Gasteiger partial charge in [-0.25, -0.2) is 9.78 Å². The zero-order chi connectivity index (χ0) is 17.6. The number of halogens is 1. The van der Waals surface area contributed by atoms with Gasteiger partial charge in [-0.15, -0.1) is 11.3 Å². The van der Waals surface area contributed by atoms with Crippen molar-refractivity contribution >= 4 is 50.6 Å². The number of carbonyl (C=O) groups excluding carboxylic acids is 1. The van der Waals surface area contributed by atoms with Crippen LogP contribution < -0.4 is 4.74 Å². The summed E-state index contributed by atoms with van der Waals surface area (Å²) in [5, 5.41) is 6.61. The molecule has 3 rings (SSSR count). The molecule has 0 amide bonds. The fraction of sp³-hybridized carbons (Fsp3) is 0.111. The van der Waals surface area contributed by atoms with Crippen LogP contribution in [0.15, 0.2) is 51.0 Å². The minimum Gasteiger partial charge on any atom is -0.496 e. The van der Waals surface area contributed by atoms with Crippen molar-refractivity contribution in [3.8, 4) is 16.3 Å². The minimum absolute atomic E-state index is 0.139. The maximum Gasteiger partial charge on any atom is 0.331 e. The van der Waals surface area contributed by atoms with E-state index in [2.05, 4.69) is 20.9 Å². The molecule has 0 saturated heterocycles. The van der Waals surface area contributed by atoms with E-state index in [1.54, 1.807) is 24.5 Å². The Bertz CT molecular complexity index is 888. The monoisotopic (exact) mass is 435 g/mol. The molecule has 0 unspecified atom stereocenters. The molecule has 0 saturated carbocycles. The lowest BCUT2D eigenvalue weighted by Crippen LogP contribution is -2.00. The number of benzene rings is 1. The molecular weight excluding hydrogens is 422 g/mol. The quantitative estimate of drug-likeness (QED) is 0.384. The van der Waals surface area contributed by atoms with Gasteiger partial charge in [0.2, 0.25) is 0 Å². The smallest absolute Gasteiger partial charge is 0.331 e. The van der Waals surface area contributed by atoms with Gasteiger partial charge in [0.05, 0.1) is 18.4 Å². The average molecular weight is 436 g/mol. The van der Waals surface area contributed by atoms with Gasteiger partial charge in [-0.3, -0.25) is 0 Å². The van der Waals surface area contributed by atoms with Gasteiger partial charge in [0.15, 0.2) is 0 Å². The van der Waals surface area contributed by atoms with Crippen molar-refractivity contribution in [2.75, 3.05) is 7.11 Å². The van der Waals surface area contributed by atoms with E-state index in [1.807, 2.05) is 40.4 Å². The van der Waals surface area contributed by atoms with Crippen molar-refractivity contribution in [1.82, 2.24) is 4.98 Å². The summed E-state index contributed by atoms with van der Waals surface area (Å²) in [7, 11) is 1.63. The third-order valence-electron chi connectivity index (χ3n) is 3.26. The van der Waals surface area contributed by atoms with E-state index in [0.29, 0.717) is 5.69 Å². The summed E-state index contributed by atoms with van der Waals surface area (Å²) in [4.78, 5) is 16.3. The van der Waals surface area contributed by atoms with E-state index in [0.717, 1.165) is 26.4 Å². The Morgan fingerprint density at radius 1 is 1.32 bits per heavy atom. The molecule has 0 aliphatic carbocycles. The molecule has 2 aromatic heterocycles. The van der Waals surface area contributed by atoms with Crippen LogP contribution in [0.3, 0.4) is 0 Å². The molecule has 0 atom stereocenters. The summed E-state index contributed by atoms with van der Waals surface area (Å²) >= 11 is 6.52. The van der Waals surface area contributed by atoms with Gasteiger partial charge in [0.1, 0.15) is 17.4 Å². The predicted octanol–water partition coefficient (Wildman–Crippen LogP) is 5.40. The number of esters is 1. The van der Waals surface area contributed by atoms with Crippen LogP contribution in [-0.2, 0) is 16.1 Å². The molecule has 2 heterocycles.